The zero-order valence-electron chi connectivity index (χ0n) is 18.6. The van der Waals surface area contributed by atoms with Gasteiger partial charge in [-0.3, -0.25) is 4.79 Å². The molecule has 0 aromatic heterocycles. The third-order valence-electron chi connectivity index (χ3n) is 4.23. The Balaban J connectivity index is -0.00000312. The smallest absolute Gasteiger partial charge is 1.00 e. The van der Waals surface area contributed by atoms with Crippen molar-refractivity contribution in [2.24, 2.45) is 5.73 Å². The van der Waals surface area contributed by atoms with Gasteiger partial charge in [0.25, 0.3) is 0 Å². The number of unbranched alkanes of at least 4 members (excludes halogenated alkanes) is 11. The zero-order valence-corrected chi connectivity index (χ0v) is 21.5. The van der Waals surface area contributed by atoms with Gasteiger partial charge in [-0.1, -0.05) is 70.4 Å². The molecule has 0 bridgehead atoms. The molecule has 0 aliphatic rings. The monoisotopic (exact) mass is 429 g/mol. The first-order chi connectivity index (χ1) is 12.5. The van der Waals surface area contributed by atoms with Gasteiger partial charge in [-0.25, -0.2) is 0 Å². The van der Waals surface area contributed by atoms with Crippen LogP contribution >= 0.6 is 0 Å². The maximum absolute atomic E-state index is 11.4. The molecule has 0 atom stereocenters. The zero-order chi connectivity index (χ0) is 19.5. The Morgan fingerprint density at radius 3 is 1.89 bits per heavy atom. The number of carbonyl (C=O) groups excluding carboxylic acids is 1. The van der Waals surface area contributed by atoms with Crippen molar-refractivity contribution < 1.29 is 70.2 Å². The van der Waals surface area contributed by atoms with Crippen LogP contribution in [0.1, 0.15) is 98.2 Å². The quantitative estimate of drug-likeness (QED) is 0.156. The van der Waals surface area contributed by atoms with Crippen LogP contribution in [-0.4, -0.2) is 26.7 Å². The minimum absolute atomic E-state index is 0. The number of nitrogens with two attached hydrogens (primary N) is 1. The third-order valence-corrected chi connectivity index (χ3v) is 5.41. The molecular weight excluding hydrogens is 389 g/mol. The van der Waals surface area contributed by atoms with E-state index in [1.807, 2.05) is 0 Å². The second kappa shape index (κ2) is 21.5. The molecular formula is C20H40KNO4S. The molecule has 0 aromatic rings. The Morgan fingerprint density at radius 2 is 1.37 bits per heavy atom. The van der Waals surface area contributed by atoms with Crippen molar-refractivity contribution in [3.63, 3.8) is 0 Å². The Bertz CT molecular complexity index is 473. The number of allylic oxidation sites excluding steroid dienone is 2. The van der Waals surface area contributed by atoms with Gasteiger partial charge in [0, 0.05) is 13.0 Å². The van der Waals surface area contributed by atoms with Crippen molar-refractivity contribution in [3.05, 3.63) is 12.2 Å². The summed E-state index contributed by atoms with van der Waals surface area (Å²) in [5.41, 5.74) is 5.15. The predicted molar refractivity (Wildman–Crippen MR) is 109 cm³/mol. The van der Waals surface area contributed by atoms with Crippen molar-refractivity contribution in [2.75, 3.05) is 12.3 Å². The summed E-state index contributed by atoms with van der Waals surface area (Å²) in [6.07, 6.45) is 20.1. The Morgan fingerprint density at radius 1 is 0.889 bits per heavy atom. The number of carbonyl (C=O) groups is 1. The van der Waals surface area contributed by atoms with E-state index in [-0.39, 0.29) is 71.5 Å². The summed E-state index contributed by atoms with van der Waals surface area (Å²) in [4.78, 5) is 11.4. The minimum atomic E-state index is -3.78. The molecule has 0 aromatic carbocycles. The van der Waals surface area contributed by atoms with Crippen molar-refractivity contribution in [1.82, 2.24) is 0 Å². The van der Waals surface area contributed by atoms with Gasteiger partial charge in [-0.05, 0) is 32.1 Å². The maximum Gasteiger partial charge on any atom is 1.00 e. The average molecular weight is 430 g/mol. The fraction of sp³-hybridized carbons (Fsp3) is 0.850. The summed E-state index contributed by atoms with van der Waals surface area (Å²) in [6, 6.07) is 0. The fourth-order valence-electron chi connectivity index (χ4n) is 2.71. The average Bonchev–Trinajstić information content (AvgIpc) is 2.57. The first-order valence-electron chi connectivity index (χ1n) is 10.3. The summed E-state index contributed by atoms with van der Waals surface area (Å²) in [7, 11) is -3.78. The molecule has 0 fully saturated rings. The molecule has 5 nitrogen and oxygen atoms in total. The summed E-state index contributed by atoms with van der Waals surface area (Å²) in [5.74, 6) is -0.985. The first-order valence-corrected chi connectivity index (χ1v) is 11.9. The largest absolute Gasteiger partial charge is 1.00 e. The van der Waals surface area contributed by atoms with Crippen molar-refractivity contribution >= 4 is 16.1 Å². The van der Waals surface area contributed by atoms with Gasteiger partial charge in [-0.15, -0.1) is 0 Å². The van der Waals surface area contributed by atoms with Gasteiger partial charge < -0.3 is 11.3 Å². The van der Waals surface area contributed by atoms with E-state index in [0.717, 1.165) is 25.7 Å². The Hall–Kier alpha value is 0.756. The third kappa shape index (κ3) is 22.9. The van der Waals surface area contributed by atoms with Crippen LogP contribution in [0.25, 0.3) is 0 Å². The fourth-order valence-corrected chi connectivity index (χ4v) is 3.45. The van der Waals surface area contributed by atoms with Gasteiger partial charge in [0.15, 0.2) is 0 Å². The standard InChI is InChI=1S/C20H39NO4S.K.H/c1-2-3-4-5-6-7-8-9-10-11-12-13-14-15-16-17-20(22)25-26(23,24)19-18-21;;/h9-10H,2-8,11-19,21H2,1H3;;/q;+1;-1/b10-9-;;. The van der Waals surface area contributed by atoms with Crippen LogP contribution in [0.5, 0.6) is 0 Å². The molecule has 0 unspecified atom stereocenters. The number of hydrogen-bond acceptors (Lipinski definition) is 5. The van der Waals surface area contributed by atoms with E-state index in [1.54, 1.807) is 0 Å². The van der Waals surface area contributed by atoms with E-state index in [9.17, 15) is 13.2 Å². The predicted octanol–water partition coefficient (Wildman–Crippen LogP) is 1.97. The van der Waals surface area contributed by atoms with Crippen molar-refractivity contribution in [2.45, 2.75) is 96.8 Å². The van der Waals surface area contributed by atoms with Crippen molar-refractivity contribution in [3.8, 4) is 0 Å². The van der Waals surface area contributed by atoms with Crippen LogP contribution in [0.3, 0.4) is 0 Å². The van der Waals surface area contributed by atoms with E-state index in [2.05, 4.69) is 23.3 Å². The molecule has 0 aliphatic heterocycles. The molecule has 0 rings (SSSR count). The van der Waals surface area contributed by atoms with E-state index >= 15 is 0 Å². The molecule has 0 spiro atoms. The first kappa shape index (κ1) is 30.0. The van der Waals surface area contributed by atoms with Crippen LogP contribution in [-0.2, 0) is 19.1 Å². The Kier molecular flexibility index (Phi) is 23.8. The van der Waals surface area contributed by atoms with E-state index in [4.69, 9.17) is 5.73 Å². The van der Waals surface area contributed by atoms with Gasteiger partial charge in [0.2, 0.25) is 0 Å². The number of rotatable bonds is 18. The minimum Gasteiger partial charge on any atom is -1.00 e. The van der Waals surface area contributed by atoms with Crippen LogP contribution < -0.4 is 57.1 Å². The van der Waals surface area contributed by atoms with Gasteiger partial charge in [0.05, 0.1) is 5.75 Å². The maximum atomic E-state index is 11.4. The summed E-state index contributed by atoms with van der Waals surface area (Å²) < 4.78 is 27.0. The second-order valence-corrected chi connectivity index (χ2v) is 8.53. The van der Waals surface area contributed by atoms with Crippen LogP contribution in [0.2, 0.25) is 0 Å². The van der Waals surface area contributed by atoms with Crippen LogP contribution in [0, 0.1) is 0 Å². The van der Waals surface area contributed by atoms with Crippen molar-refractivity contribution in [1.29, 1.82) is 0 Å². The van der Waals surface area contributed by atoms with Gasteiger partial charge >= 0.3 is 67.5 Å². The molecule has 2 N–H and O–H groups in total. The summed E-state index contributed by atoms with van der Waals surface area (Å²) in [5, 5.41) is 0. The number of hydrogen-bond donors (Lipinski definition) is 1. The molecule has 7 heteroatoms. The second-order valence-electron chi connectivity index (χ2n) is 6.84. The molecule has 0 radical (unpaired) electrons. The molecule has 156 valence electrons. The summed E-state index contributed by atoms with van der Waals surface area (Å²) >= 11 is 0. The molecule has 0 aliphatic carbocycles. The van der Waals surface area contributed by atoms with Gasteiger partial charge in [0.1, 0.15) is 0 Å². The van der Waals surface area contributed by atoms with Crippen LogP contribution in [0.4, 0.5) is 0 Å². The molecule has 0 heterocycles. The van der Waals surface area contributed by atoms with E-state index in [0.29, 0.717) is 6.42 Å². The van der Waals surface area contributed by atoms with E-state index in [1.165, 1.54) is 51.4 Å². The molecule has 0 amide bonds. The van der Waals surface area contributed by atoms with Crippen LogP contribution in [0.15, 0.2) is 12.2 Å². The van der Waals surface area contributed by atoms with Gasteiger partial charge in [-0.2, -0.15) is 8.42 Å². The topological polar surface area (TPSA) is 86.5 Å². The normalized spacial score (nSPS) is 11.5. The molecule has 27 heavy (non-hydrogen) atoms. The summed E-state index contributed by atoms with van der Waals surface area (Å²) in [6.45, 7) is 2.21. The SMILES string of the molecule is CCCCCCCC/C=C\CCCCCCCC(=O)OS(=O)(=O)CCN.[H-].[K+]. The molecule has 0 saturated heterocycles. The molecule has 0 saturated carbocycles. The van der Waals surface area contributed by atoms with E-state index < -0.39 is 16.1 Å². The Labute approximate surface area is 211 Å².